The van der Waals surface area contributed by atoms with E-state index < -0.39 is 125 Å². The average molecular weight is 1170 g/mol. The quantitative estimate of drug-likeness (QED) is 0.105. The van der Waals surface area contributed by atoms with Gasteiger partial charge in [0.25, 0.3) is 11.7 Å². The van der Waals surface area contributed by atoms with Crippen molar-refractivity contribution in [3.8, 4) is 0 Å². The van der Waals surface area contributed by atoms with Crippen LogP contribution in [0.4, 0.5) is 0 Å². The summed E-state index contributed by atoms with van der Waals surface area (Å²) in [5.74, 6) is -11.6. The van der Waals surface area contributed by atoms with Gasteiger partial charge in [-0.05, 0) is 119 Å². The first-order chi connectivity index (χ1) is 39.0. The molecule has 12 atom stereocenters. The van der Waals surface area contributed by atoms with Gasteiger partial charge in [-0.25, -0.2) is 4.79 Å². The Balaban J connectivity index is 1.35. The summed E-state index contributed by atoms with van der Waals surface area (Å²) in [7, 11) is 1.25. The van der Waals surface area contributed by atoms with Gasteiger partial charge < -0.3 is 55.5 Å². The van der Waals surface area contributed by atoms with Crippen LogP contribution in [0.5, 0.6) is 0 Å². The van der Waals surface area contributed by atoms with E-state index >= 15 is 0 Å². The van der Waals surface area contributed by atoms with Gasteiger partial charge in [0.05, 0.1) is 50.8 Å². The van der Waals surface area contributed by atoms with Crippen LogP contribution in [-0.4, -0.2) is 162 Å². The fraction of sp³-hybridized carbons (Fsp3) is 0.712. The number of aliphatic hydroxyl groups is 1. The highest BCUT2D eigenvalue weighted by atomic mass is 32.2. The van der Waals surface area contributed by atoms with Crippen molar-refractivity contribution < 1.29 is 76.8 Å². The highest BCUT2D eigenvalue weighted by molar-refractivity contribution is 7.99. The molecule has 22 nitrogen and oxygen atoms in total. The molecule has 1 saturated carbocycles. The smallest absolute Gasteiger partial charge is 0.329 e. The van der Waals surface area contributed by atoms with Crippen molar-refractivity contribution in [2.24, 2.45) is 35.5 Å². The fourth-order valence-electron chi connectivity index (χ4n) is 11.3. The number of Topliss-reactive ketones (excluding diaryl/α,β-unsaturated/α-hetero) is 2. The average Bonchev–Trinajstić information content (AvgIpc) is 3.13. The van der Waals surface area contributed by atoms with E-state index in [9.17, 15) is 57.8 Å². The summed E-state index contributed by atoms with van der Waals surface area (Å²) in [5.41, 5.74) is 0.773. The number of rotatable bonds is 11. The van der Waals surface area contributed by atoms with Gasteiger partial charge in [-0.2, -0.15) is 11.8 Å². The van der Waals surface area contributed by atoms with Crippen LogP contribution >= 0.6 is 11.8 Å². The minimum absolute atomic E-state index is 0.0208. The number of ether oxygens (including phenoxy) is 4. The first-order valence-corrected chi connectivity index (χ1v) is 30.4. The van der Waals surface area contributed by atoms with E-state index in [4.69, 9.17) is 14.2 Å². The Morgan fingerprint density at radius 2 is 1.51 bits per heavy atom. The molecule has 82 heavy (non-hydrogen) atoms. The zero-order valence-corrected chi connectivity index (χ0v) is 49.6. The zero-order valence-electron chi connectivity index (χ0n) is 48.8. The van der Waals surface area contributed by atoms with Gasteiger partial charge >= 0.3 is 17.9 Å². The van der Waals surface area contributed by atoms with Crippen LogP contribution in [0.2, 0.25) is 0 Å². The van der Waals surface area contributed by atoms with Gasteiger partial charge in [-0.1, -0.05) is 65.0 Å². The molecule has 0 unspecified atom stereocenters. The number of piperidine rings is 1. The lowest BCUT2D eigenvalue weighted by Crippen LogP contribution is -2.60. The predicted octanol–water partition coefficient (Wildman–Crippen LogP) is 3.41. The fourth-order valence-corrected chi connectivity index (χ4v) is 12.1. The molecule has 3 saturated heterocycles. The topological polar surface area (TPSA) is 308 Å². The van der Waals surface area contributed by atoms with Crippen molar-refractivity contribution >= 4 is 76.7 Å². The number of thioether (sulfide) groups is 1. The number of nitrogens with zero attached hydrogens (tertiary/aromatic N) is 1. The molecule has 0 spiro atoms. The van der Waals surface area contributed by atoms with E-state index in [0.717, 1.165) is 10.5 Å². The molecule has 23 heteroatoms. The first-order valence-electron chi connectivity index (χ1n) is 29.2. The summed E-state index contributed by atoms with van der Waals surface area (Å²) in [6.45, 7) is 10.2. The normalized spacial score (nSPS) is 30.3. The molecule has 1 aliphatic carbocycles. The van der Waals surface area contributed by atoms with E-state index in [0.29, 0.717) is 63.5 Å². The second-order valence-corrected chi connectivity index (χ2v) is 24.3. The van der Waals surface area contributed by atoms with Gasteiger partial charge in [-0.15, -0.1) is 0 Å². The van der Waals surface area contributed by atoms with Crippen LogP contribution in [0.25, 0.3) is 0 Å². The molecular formula is C59H88N6O16S. The number of nitrogens with one attached hydrogen (secondary N) is 5. The third kappa shape index (κ3) is 20.7. The SMILES string of the molecule is COC(=O)CCC(=O)O[C@@H]1CC[C@H](C[C@@H](C)[C@@H]2CC(=O)NCCNC(=O)[C@H](CC(C)C)NC(=O)CNC(=O)[C@H](Cc3ccccc3)CC(=O)[C@H](C)NC(=O)CSCC[C@@H]3CC[C@@H](C)[C@@](O)(O3)C(=O)C(=O)N3CCCC[C@H]3C(=O)O2)C[C@H]1C. The van der Waals surface area contributed by atoms with Crippen LogP contribution in [0.3, 0.4) is 0 Å². The summed E-state index contributed by atoms with van der Waals surface area (Å²) in [6.07, 6.45) is 2.24. The van der Waals surface area contributed by atoms with E-state index in [1.165, 1.54) is 25.8 Å². The lowest BCUT2D eigenvalue weighted by molar-refractivity contribution is -0.262. The predicted molar refractivity (Wildman–Crippen MR) is 302 cm³/mol. The number of cyclic esters (lactones) is 1. The number of fused-ring (bicyclic) bond motifs is 3. The molecule has 456 valence electrons. The van der Waals surface area contributed by atoms with Crippen LogP contribution in [0, 0.1) is 35.5 Å². The minimum Gasteiger partial charge on any atom is -0.469 e. The Morgan fingerprint density at radius 1 is 0.793 bits per heavy atom. The second kappa shape index (κ2) is 32.8. The monoisotopic (exact) mass is 1170 g/mol. The van der Waals surface area contributed by atoms with Crippen molar-refractivity contribution in [3.05, 3.63) is 35.9 Å². The molecule has 4 aliphatic rings. The van der Waals surface area contributed by atoms with Gasteiger partial charge in [0.2, 0.25) is 35.3 Å². The Labute approximate surface area is 485 Å². The molecule has 3 aliphatic heterocycles. The maximum atomic E-state index is 14.4. The number of hydrogen-bond donors (Lipinski definition) is 6. The Kier molecular flexibility index (Phi) is 26.7. The number of carbonyl (C=O) groups excluding carboxylic acids is 11. The van der Waals surface area contributed by atoms with Crippen LogP contribution in [0.15, 0.2) is 30.3 Å². The number of methoxy groups -OCH3 is 1. The van der Waals surface area contributed by atoms with E-state index in [2.05, 4.69) is 31.3 Å². The Hall–Kier alpha value is -5.94. The molecule has 1 aromatic rings. The maximum Gasteiger partial charge on any atom is 0.329 e. The van der Waals surface area contributed by atoms with E-state index in [1.54, 1.807) is 19.1 Å². The summed E-state index contributed by atoms with van der Waals surface area (Å²) in [4.78, 5) is 149. The van der Waals surface area contributed by atoms with Gasteiger partial charge in [0.1, 0.15) is 24.3 Å². The molecule has 1 aromatic carbocycles. The van der Waals surface area contributed by atoms with E-state index in [1.807, 2.05) is 45.9 Å². The van der Waals surface area contributed by atoms with Gasteiger partial charge in [0.15, 0.2) is 5.78 Å². The van der Waals surface area contributed by atoms with Crippen LogP contribution < -0.4 is 26.6 Å². The molecule has 3 heterocycles. The number of amides is 6. The van der Waals surface area contributed by atoms with Crippen molar-refractivity contribution in [3.63, 3.8) is 0 Å². The van der Waals surface area contributed by atoms with Crippen LogP contribution in [-0.2, 0) is 78.1 Å². The molecule has 5 rings (SSSR count). The standard InChI is InChI=1S/C59H88N6O16S/c1-35(2)27-44-56(74)61-24-23-60-49(67)32-48(37(4)29-41-17-19-47(36(3)28-41)79-53(71)21-20-52(70)78-7)80-58(76)45-15-11-12-25-65(45)57(75)54(72)59(77)38(5)16-18-43(81-59)22-26-82-34-51(69)63-39(6)46(66)31-42(30-40-13-9-8-10-14-40)55(73)62-33-50(68)64-44/h8-10,13-14,35-39,41-45,47-48,77H,11-12,15-34H2,1-7H3,(H,60,67)(H,61,74)(H,62,73)(H,63,69)(H,64,68)/t36-,37-,38-,39+,41+,42-,43+,44+,45+,47-,48+,59-/m1/s1. The summed E-state index contributed by atoms with van der Waals surface area (Å²) in [5, 5.41) is 25.5. The molecule has 0 radical (unpaired) electrons. The first kappa shape index (κ1) is 66.9. The molecule has 6 amide bonds. The molecule has 2 bridgehead atoms. The molecule has 6 N–H and O–H groups in total. The lowest BCUT2D eigenvalue weighted by Gasteiger charge is -2.42. The number of benzene rings is 1. The van der Waals surface area contributed by atoms with Gasteiger partial charge in [0, 0.05) is 37.9 Å². The van der Waals surface area contributed by atoms with Crippen molar-refractivity contribution in [1.82, 2.24) is 31.5 Å². The molecular weight excluding hydrogens is 1080 g/mol. The third-order valence-corrected chi connectivity index (χ3v) is 17.1. The molecule has 4 fully saturated rings. The number of hydrogen-bond acceptors (Lipinski definition) is 17. The minimum atomic E-state index is -2.51. The number of ketones is 2. The van der Waals surface area contributed by atoms with Gasteiger partial charge in [-0.3, -0.25) is 47.9 Å². The zero-order chi connectivity index (χ0) is 60.1. The van der Waals surface area contributed by atoms with Crippen molar-refractivity contribution in [2.75, 3.05) is 44.8 Å². The maximum absolute atomic E-state index is 14.4. The number of carbonyl (C=O) groups is 11. The Morgan fingerprint density at radius 3 is 2.22 bits per heavy atom. The van der Waals surface area contributed by atoms with Crippen molar-refractivity contribution in [2.45, 2.75) is 187 Å². The Bertz CT molecular complexity index is 2390. The summed E-state index contributed by atoms with van der Waals surface area (Å²) in [6, 6.07) is 5.85. The van der Waals surface area contributed by atoms with Crippen LogP contribution in [0.1, 0.15) is 143 Å². The lowest BCUT2D eigenvalue weighted by atomic mass is 9.75. The summed E-state index contributed by atoms with van der Waals surface area (Å²) >= 11 is 1.24. The summed E-state index contributed by atoms with van der Waals surface area (Å²) < 4.78 is 22.7. The number of esters is 3. The largest absolute Gasteiger partial charge is 0.469 e. The van der Waals surface area contributed by atoms with Crippen molar-refractivity contribution in [1.29, 1.82) is 0 Å². The highest BCUT2D eigenvalue weighted by Gasteiger charge is 2.53. The van der Waals surface area contributed by atoms with E-state index in [-0.39, 0.29) is 94.2 Å². The second-order valence-electron chi connectivity index (χ2n) is 23.2. The third-order valence-electron chi connectivity index (χ3n) is 16.1. The highest BCUT2D eigenvalue weighted by Crippen LogP contribution is 2.38. The molecule has 0 aromatic heterocycles.